The molecule has 0 bridgehead atoms. The van der Waals surface area contributed by atoms with Crippen LogP contribution in [0.4, 0.5) is 4.39 Å². The number of unbranched alkanes of at least 4 members (excludes halogenated alkanes) is 1. The average molecular weight is 485 g/mol. The number of esters is 2. The molecule has 1 atom stereocenters. The quantitative estimate of drug-likeness (QED) is 0.243. The lowest BCUT2D eigenvalue weighted by molar-refractivity contribution is -0.157. The van der Waals surface area contributed by atoms with Gasteiger partial charge >= 0.3 is 11.9 Å². The van der Waals surface area contributed by atoms with Crippen LogP contribution in [0.2, 0.25) is 0 Å². The standard InChI is InChI=1S/C29H37FO5/c1-3-5-6-27(30)29(32)35-26-17-11-22(12-18-26)8-7-21-9-15-25(16-10-21)34-28(31)23-13-19-24(20-14-23)33-4-2/h9-10,13-16,19-20,22,26-27H,3-8,11-12,17-18H2,1-2H3/t22?,26?,27-/m0/s1. The molecule has 0 radical (unpaired) electrons. The zero-order valence-electron chi connectivity index (χ0n) is 20.8. The molecule has 190 valence electrons. The Hall–Kier alpha value is -2.89. The van der Waals surface area contributed by atoms with Crippen molar-refractivity contribution in [2.24, 2.45) is 5.92 Å². The Morgan fingerprint density at radius 2 is 1.60 bits per heavy atom. The Morgan fingerprint density at radius 1 is 0.943 bits per heavy atom. The lowest BCUT2D eigenvalue weighted by atomic mass is 9.83. The molecule has 1 saturated carbocycles. The first-order valence-corrected chi connectivity index (χ1v) is 12.9. The van der Waals surface area contributed by atoms with Crippen LogP contribution in [0.3, 0.4) is 0 Å². The molecule has 0 saturated heterocycles. The molecule has 6 heteroatoms. The molecule has 0 aromatic heterocycles. The lowest BCUT2D eigenvalue weighted by Crippen LogP contribution is -2.29. The third-order valence-electron chi connectivity index (χ3n) is 6.52. The van der Waals surface area contributed by atoms with E-state index in [0.717, 1.165) is 50.7 Å². The summed E-state index contributed by atoms with van der Waals surface area (Å²) in [5, 5.41) is 0. The van der Waals surface area contributed by atoms with Crippen LogP contribution in [0.1, 0.15) is 81.1 Å². The van der Waals surface area contributed by atoms with E-state index in [1.54, 1.807) is 24.3 Å². The van der Waals surface area contributed by atoms with Crippen LogP contribution in [0.5, 0.6) is 11.5 Å². The average Bonchev–Trinajstić information content (AvgIpc) is 2.88. The highest BCUT2D eigenvalue weighted by Gasteiger charge is 2.27. The summed E-state index contributed by atoms with van der Waals surface area (Å²) >= 11 is 0. The molecule has 0 N–H and O–H groups in total. The molecule has 5 nitrogen and oxygen atoms in total. The summed E-state index contributed by atoms with van der Waals surface area (Å²) in [5.74, 6) is 0.718. The largest absolute Gasteiger partial charge is 0.494 e. The predicted molar refractivity (Wildman–Crippen MR) is 134 cm³/mol. The number of halogens is 1. The van der Waals surface area contributed by atoms with Crippen molar-refractivity contribution in [3.63, 3.8) is 0 Å². The zero-order chi connectivity index (χ0) is 25.0. The van der Waals surface area contributed by atoms with Crippen molar-refractivity contribution in [2.45, 2.75) is 83.9 Å². The van der Waals surface area contributed by atoms with Crippen molar-refractivity contribution >= 4 is 11.9 Å². The minimum Gasteiger partial charge on any atom is -0.494 e. The van der Waals surface area contributed by atoms with Crippen LogP contribution >= 0.6 is 0 Å². The molecule has 2 aromatic carbocycles. The Bertz CT molecular complexity index is 917. The van der Waals surface area contributed by atoms with Gasteiger partial charge in [0.1, 0.15) is 17.6 Å². The maximum Gasteiger partial charge on any atom is 0.343 e. The van der Waals surface area contributed by atoms with Crippen molar-refractivity contribution < 1.29 is 28.2 Å². The van der Waals surface area contributed by atoms with Gasteiger partial charge in [0, 0.05) is 0 Å². The number of hydrogen-bond donors (Lipinski definition) is 0. The van der Waals surface area contributed by atoms with Gasteiger partial charge in [-0.2, -0.15) is 0 Å². The minimum atomic E-state index is -1.49. The fraction of sp³-hybridized carbons (Fsp3) is 0.517. The van der Waals surface area contributed by atoms with Crippen LogP contribution in [0, 0.1) is 5.92 Å². The SMILES string of the molecule is CCCC[C@H](F)C(=O)OC1CCC(CCc2ccc(OC(=O)c3ccc(OCC)cc3)cc2)CC1. The molecular weight excluding hydrogens is 447 g/mol. The van der Waals surface area contributed by atoms with E-state index in [2.05, 4.69) is 0 Å². The maximum atomic E-state index is 13.8. The van der Waals surface area contributed by atoms with Gasteiger partial charge < -0.3 is 14.2 Å². The summed E-state index contributed by atoms with van der Waals surface area (Å²) < 4.78 is 30.1. The molecule has 1 aliphatic carbocycles. The predicted octanol–water partition coefficient (Wildman–Crippen LogP) is 6.87. The summed E-state index contributed by atoms with van der Waals surface area (Å²) in [7, 11) is 0. The second kappa shape index (κ2) is 13.9. The van der Waals surface area contributed by atoms with Gasteiger partial charge in [0.15, 0.2) is 6.17 Å². The highest BCUT2D eigenvalue weighted by molar-refractivity contribution is 5.91. The van der Waals surface area contributed by atoms with E-state index in [0.29, 0.717) is 30.3 Å². The van der Waals surface area contributed by atoms with Gasteiger partial charge in [-0.3, -0.25) is 0 Å². The summed E-state index contributed by atoms with van der Waals surface area (Å²) in [5.41, 5.74) is 1.66. The highest BCUT2D eigenvalue weighted by Crippen LogP contribution is 2.30. The lowest BCUT2D eigenvalue weighted by Gasteiger charge is -2.28. The Kier molecular flexibility index (Phi) is 10.6. The summed E-state index contributed by atoms with van der Waals surface area (Å²) in [6.07, 6.45) is 5.76. The van der Waals surface area contributed by atoms with Gasteiger partial charge in [-0.1, -0.05) is 31.9 Å². The monoisotopic (exact) mass is 484 g/mol. The third-order valence-corrected chi connectivity index (χ3v) is 6.52. The summed E-state index contributed by atoms with van der Waals surface area (Å²) in [4.78, 5) is 24.3. The van der Waals surface area contributed by atoms with Crippen LogP contribution in [0.25, 0.3) is 0 Å². The number of ether oxygens (including phenoxy) is 3. The number of benzene rings is 2. The van der Waals surface area contributed by atoms with Crippen molar-refractivity contribution in [1.29, 1.82) is 0 Å². The fourth-order valence-electron chi connectivity index (χ4n) is 4.39. The molecule has 0 unspecified atom stereocenters. The van der Waals surface area contributed by atoms with Crippen molar-refractivity contribution in [1.82, 2.24) is 0 Å². The number of carbonyl (C=O) groups is 2. The van der Waals surface area contributed by atoms with Gasteiger partial charge in [-0.15, -0.1) is 0 Å². The molecule has 0 aliphatic heterocycles. The molecule has 1 fully saturated rings. The second-order valence-electron chi connectivity index (χ2n) is 9.22. The fourth-order valence-corrected chi connectivity index (χ4v) is 4.39. The van der Waals surface area contributed by atoms with Gasteiger partial charge in [0.25, 0.3) is 0 Å². The third kappa shape index (κ3) is 8.68. The first kappa shape index (κ1) is 26.7. The van der Waals surface area contributed by atoms with E-state index in [4.69, 9.17) is 14.2 Å². The van der Waals surface area contributed by atoms with Gasteiger partial charge in [-0.25, -0.2) is 14.0 Å². The first-order valence-electron chi connectivity index (χ1n) is 12.9. The van der Waals surface area contributed by atoms with E-state index >= 15 is 0 Å². The van der Waals surface area contributed by atoms with E-state index < -0.39 is 18.1 Å². The number of aryl methyl sites for hydroxylation is 1. The topological polar surface area (TPSA) is 61.8 Å². The van der Waals surface area contributed by atoms with Gasteiger partial charge in [0.2, 0.25) is 0 Å². The first-order chi connectivity index (χ1) is 17.0. The second-order valence-corrected chi connectivity index (χ2v) is 9.22. The van der Waals surface area contributed by atoms with Crippen LogP contribution < -0.4 is 9.47 Å². The number of rotatable bonds is 12. The van der Waals surface area contributed by atoms with E-state index in [9.17, 15) is 14.0 Å². The Balaban J connectivity index is 1.37. The Morgan fingerprint density at radius 3 is 2.23 bits per heavy atom. The molecule has 35 heavy (non-hydrogen) atoms. The number of hydrogen-bond acceptors (Lipinski definition) is 5. The molecule has 0 spiro atoms. The molecule has 0 heterocycles. The van der Waals surface area contributed by atoms with Gasteiger partial charge in [0.05, 0.1) is 12.2 Å². The van der Waals surface area contributed by atoms with E-state index in [-0.39, 0.29) is 12.5 Å². The van der Waals surface area contributed by atoms with Crippen LogP contribution in [0.15, 0.2) is 48.5 Å². The normalized spacial score (nSPS) is 18.5. The number of alkyl halides is 1. The highest BCUT2D eigenvalue weighted by atomic mass is 19.1. The van der Waals surface area contributed by atoms with Gasteiger partial charge in [-0.05, 0) is 99.7 Å². The molecule has 3 rings (SSSR count). The summed E-state index contributed by atoms with van der Waals surface area (Å²) in [6, 6.07) is 14.5. The van der Waals surface area contributed by atoms with Crippen molar-refractivity contribution in [2.75, 3.05) is 6.61 Å². The molecule has 0 amide bonds. The number of carbonyl (C=O) groups excluding carboxylic acids is 2. The molecule has 1 aliphatic rings. The van der Waals surface area contributed by atoms with E-state index in [1.807, 2.05) is 38.1 Å². The minimum absolute atomic E-state index is 0.150. The maximum absolute atomic E-state index is 13.8. The molecule has 2 aromatic rings. The Labute approximate surface area is 208 Å². The zero-order valence-corrected chi connectivity index (χ0v) is 20.8. The molecular formula is C29H37FO5. The van der Waals surface area contributed by atoms with Crippen molar-refractivity contribution in [3.05, 3.63) is 59.7 Å². The van der Waals surface area contributed by atoms with Crippen LogP contribution in [-0.4, -0.2) is 30.8 Å². The summed E-state index contributed by atoms with van der Waals surface area (Å²) in [6.45, 7) is 4.47. The van der Waals surface area contributed by atoms with E-state index in [1.165, 1.54) is 5.56 Å². The smallest absolute Gasteiger partial charge is 0.343 e. The van der Waals surface area contributed by atoms with Crippen molar-refractivity contribution in [3.8, 4) is 11.5 Å². The van der Waals surface area contributed by atoms with Crippen LogP contribution in [-0.2, 0) is 16.0 Å².